The smallest absolute Gasteiger partial charge is 0.294 e. The molecule has 2 aromatic rings. The minimum Gasteiger partial charge on any atom is -0.492 e. The summed E-state index contributed by atoms with van der Waals surface area (Å²) in [6.45, 7) is 7.84. The van der Waals surface area contributed by atoms with E-state index in [0.717, 1.165) is 30.9 Å². The van der Waals surface area contributed by atoms with Gasteiger partial charge in [0.05, 0.1) is 16.8 Å². The Morgan fingerprint density at radius 3 is 2.26 bits per heavy atom. The maximum Gasteiger partial charge on any atom is 0.294 e. The number of benzene rings is 2. The third-order valence-electron chi connectivity index (χ3n) is 4.01. The number of hydrogen-bond donors (Lipinski definition) is 2. The molecule has 0 unspecified atom stereocenters. The second-order valence-corrected chi connectivity index (χ2v) is 7.24. The molecule has 27 heavy (non-hydrogen) atoms. The van der Waals surface area contributed by atoms with Gasteiger partial charge < -0.3 is 9.64 Å². The number of nitrogens with zero attached hydrogens (tertiary/aromatic N) is 2. The van der Waals surface area contributed by atoms with Crippen LogP contribution in [0.2, 0.25) is 0 Å². The lowest BCUT2D eigenvalue weighted by Crippen LogP contribution is -2.27. The van der Waals surface area contributed by atoms with Crippen molar-refractivity contribution in [3.63, 3.8) is 0 Å². The quantitative estimate of drug-likeness (QED) is 0.367. The molecule has 0 atom stereocenters. The van der Waals surface area contributed by atoms with Crippen molar-refractivity contribution in [2.24, 2.45) is 5.10 Å². The number of nitrogens with one attached hydrogen (secondary N) is 1. The highest BCUT2D eigenvalue weighted by Crippen LogP contribution is 2.14. The Labute approximate surface area is 160 Å². The van der Waals surface area contributed by atoms with E-state index in [1.165, 1.54) is 24.3 Å². The SMILES string of the molecule is CCN(CC)CCOc1ccc(C=NNc2ccc(S(=O)(=O)O)cc2)cc1. The summed E-state index contributed by atoms with van der Waals surface area (Å²) < 4.78 is 36.7. The zero-order valence-electron chi connectivity index (χ0n) is 15.5. The van der Waals surface area contributed by atoms with Gasteiger partial charge in [0.2, 0.25) is 0 Å². The zero-order chi connectivity index (χ0) is 19.7. The fourth-order valence-electron chi connectivity index (χ4n) is 2.37. The minimum atomic E-state index is -4.18. The van der Waals surface area contributed by atoms with Gasteiger partial charge in [-0.05, 0) is 67.2 Å². The molecule has 0 radical (unpaired) electrons. The number of hydrogen-bond acceptors (Lipinski definition) is 6. The van der Waals surface area contributed by atoms with E-state index < -0.39 is 10.1 Å². The van der Waals surface area contributed by atoms with Crippen molar-refractivity contribution in [3.05, 3.63) is 54.1 Å². The third-order valence-corrected chi connectivity index (χ3v) is 4.88. The van der Waals surface area contributed by atoms with Crippen LogP contribution >= 0.6 is 0 Å². The van der Waals surface area contributed by atoms with E-state index in [1.54, 1.807) is 6.21 Å². The van der Waals surface area contributed by atoms with E-state index in [1.807, 2.05) is 24.3 Å². The molecular weight excluding hydrogens is 366 g/mol. The van der Waals surface area contributed by atoms with Gasteiger partial charge in [-0.25, -0.2) is 0 Å². The molecule has 2 rings (SSSR count). The fourth-order valence-corrected chi connectivity index (χ4v) is 2.85. The van der Waals surface area contributed by atoms with Crippen molar-refractivity contribution >= 4 is 22.0 Å². The van der Waals surface area contributed by atoms with Gasteiger partial charge in [-0.15, -0.1) is 0 Å². The number of likely N-dealkylation sites (N-methyl/N-ethyl adjacent to an activating group) is 1. The molecule has 2 N–H and O–H groups in total. The lowest BCUT2D eigenvalue weighted by molar-refractivity contribution is 0.223. The summed E-state index contributed by atoms with van der Waals surface area (Å²) in [4.78, 5) is 2.14. The fraction of sp³-hybridized carbons (Fsp3) is 0.316. The topological polar surface area (TPSA) is 91.2 Å². The standard InChI is InChI=1S/C19H25N3O4S/c1-3-22(4-2)13-14-26-18-9-5-16(6-10-18)15-20-21-17-7-11-19(12-8-17)27(23,24)25/h5-12,15,21H,3-4,13-14H2,1-2H3,(H,23,24,25). The lowest BCUT2D eigenvalue weighted by atomic mass is 10.2. The molecule has 0 spiro atoms. The van der Waals surface area contributed by atoms with E-state index in [-0.39, 0.29) is 4.90 Å². The molecule has 146 valence electrons. The number of ether oxygens (including phenoxy) is 1. The second-order valence-electron chi connectivity index (χ2n) is 5.81. The van der Waals surface area contributed by atoms with Gasteiger partial charge in [0.25, 0.3) is 10.1 Å². The third kappa shape index (κ3) is 7.01. The predicted octanol–water partition coefficient (Wildman–Crippen LogP) is 3.10. The van der Waals surface area contributed by atoms with Crippen LogP contribution in [0.5, 0.6) is 5.75 Å². The van der Waals surface area contributed by atoms with Gasteiger partial charge in [0.15, 0.2) is 0 Å². The van der Waals surface area contributed by atoms with Crippen molar-refractivity contribution in [1.29, 1.82) is 0 Å². The molecule has 0 aromatic heterocycles. The Balaban J connectivity index is 1.83. The molecule has 2 aromatic carbocycles. The normalized spacial score (nSPS) is 11.9. The minimum absolute atomic E-state index is 0.159. The maximum absolute atomic E-state index is 11.0. The Morgan fingerprint density at radius 1 is 1.07 bits per heavy atom. The highest BCUT2D eigenvalue weighted by atomic mass is 32.2. The molecule has 0 heterocycles. The van der Waals surface area contributed by atoms with Crippen molar-refractivity contribution in [3.8, 4) is 5.75 Å². The number of hydrazone groups is 1. The molecule has 0 aliphatic rings. The Hall–Kier alpha value is -2.42. The number of anilines is 1. The molecule has 0 aliphatic heterocycles. The van der Waals surface area contributed by atoms with Crippen LogP contribution in [0.3, 0.4) is 0 Å². The Kier molecular flexibility index (Phi) is 7.78. The van der Waals surface area contributed by atoms with Crippen LogP contribution in [0.4, 0.5) is 5.69 Å². The summed E-state index contributed by atoms with van der Waals surface area (Å²) in [7, 11) is -4.18. The van der Waals surface area contributed by atoms with E-state index in [4.69, 9.17) is 9.29 Å². The van der Waals surface area contributed by atoms with Crippen molar-refractivity contribution < 1.29 is 17.7 Å². The summed E-state index contributed by atoms with van der Waals surface area (Å²) >= 11 is 0. The van der Waals surface area contributed by atoms with E-state index in [2.05, 4.69) is 29.3 Å². The van der Waals surface area contributed by atoms with E-state index >= 15 is 0 Å². The van der Waals surface area contributed by atoms with Gasteiger partial charge in [0.1, 0.15) is 12.4 Å². The zero-order valence-corrected chi connectivity index (χ0v) is 16.3. The molecule has 0 saturated carbocycles. The van der Waals surface area contributed by atoms with E-state index in [9.17, 15) is 8.42 Å². The van der Waals surface area contributed by atoms with Crippen LogP contribution in [-0.2, 0) is 10.1 Å². The summed E-state index contributed by atoms with van der Waals surface area (Å²) in [6.07, 6.45) is 1.65. The molecule has 0 amide bonds. The van der Waals surface area contributed by atoms with Crippen LogP contribution in [0.25, 0.3) is 0 Å². The van der Waals surface area contributed by atoms with Crippen LogP contribution in [0.1, 0.15) is 19.4 Å². The van der Waals surface area contributed by atoms with Gasteiger partial charge >= 0.3 is 0 Å². The van der Waals surface area contributed by atoms with Gasteiger partial charge in [0, 0.05) is 6.54 Å². The summed E-state index contributed by atoms with van der Waals surface area (Å²) in [5.74, 6) is 0.813. The molecular formula is C19H25N3O4S. The largest absolute Gasteiger partial charge is 0.492 e. The van der Waals surface area contributed by atoms with Crippen LogP contribution in [-0.4, -0.2) is 50.3 Å². The van der Waals surface area contributed by atoms with Crippen molar-refractivity contribution in [1.82, 2.24) is 4.90 Å². The predicted molar refractivity (Wildman–Crippen MR) is 107 cm³/mol. The van der Waals surface area contributed by atoms with Gasteiger partial charge in [-0.2, -0.15) is 13.5 Å². The summed E-state index contributed by atoms with van der Waals surface area (Å²) in [5, 5.41) is 4.11. The van der Waals surface area contributed by atoms with Gasteiger partial charge in [-0.1, -0.05) is 13.8 Å². The summed E-state index contributed by atoms with van der Waals surface area (Å²) in [6, 6.07) is 13.2. The molecule has 0 saturated heterocycles. The van der Waals surface area contributed by atoms with Crippen molar-refractivity contribution in [2.45, 2.75) is 18.7 Å². The molecule has 8 heteroatoms. The average Bonchev–Trinajstić information content (AvgIpc) is 2.66. The molecule has 0 fully saturated rings. The van der Waals surface area contributed by atoms with Crippen LogP contribution in [0.15, 0.2) is 58.5 Å². The Bertz CT molecular complexity index is 830. The van der Waals surface area contributed by atoms with Gasteiger partial charge in [-0.3, -0.25) is 9.98 Å². The molecule has 0 aliphatic carbocycles. The average molecular weight is 391 g/mol. The summed E-state index contributed by atoms with van der Waals surface area (Å²) in [5.41, 5.74) is 4.31. The Morgan fingerprint density at radius 2 is 1.70 bits per heavy atom. The first kappa shape index (κ1) is 20.9. The van der Waals surface area contributed by atoms with Crippen LogP contribution in [0, 0.1) is 0 Å². The van der Waals surface area contributed by atoms with Crippen LogP contribution < -0.4 is 10.2 Å². The molecule has 0 bridgehead atoms. The van der Waals surface area contributed by atoms with E-state index in [0.29, 0.717) is 12.3 Å². The number of rotatable bonds is 10. The highest BCUT2D eigenvalue weighted by molar-refractivity contribution is 7.85. The highest BCUT2D eigenvalue weighted by Gasteiger charge is 2.07. The monoisotopic (exact) mass is 391 g/mol. The first-order chi connectivity index (χ1) is 12.9. The second kappa shape index (κ2) is 10.1. The maximum atomic E-state index is 11.0. The lowest BCUT2D eigenvalue weighted by Gasteiger charge is -2.17. The first-order valence-corrected chi connectivity index (χ1v) is 10.2. The van der Waals surface area contributed by atoms with Crippen molar-refractivity contribution in [2.75, 3.05) is 31.7 Å². The first-order valence-electron chi connectivity index (χ1n) is 8.74. The molecule has 7 nitrogen and oxygen atoms in total.